The summed E-state index contributed by atoms with van der Waals surface area (Å²) in [4.78, 5) is 14.5. The second kappa shape index (κ2) is 7.14. The van der Waals surface area contributed by atoms with Crippen molar-refractivity contribution in [1.82, 2.24) is 10.2 Å². The van der Waals surface area contributed by atoms with Crippen LogP contribution in [0.2, 0.25) is 0 Å². The summed E-state index contributed by atoms with van der Waals surface area (Å²) in [5, 5.41) is 3.02. The number of likely N-dealkylation sites (tertiary alicyclic amines) is 1. The van der Waals surface area contributed by atoms with Gasteiger partial charge in [0.05, 0.1) is 0 Å². The van der Waals surface area contributed by atoms with E-state index in [0.29, 0.717) is 0 Å². The lowest BCUT2D eigenvalue weighted by Crippen LogP contribution is -2.41. The first-order chi connectivity index (χ1) is 11.4. The summed E-state index contributed by atoms with van der Waals surface area (Å²) in [6, 6.07) is 7.06. The predicted octanol–water partition coefficient (Wildman–Crippen LogP) is 3.66. The molecule has 1 fully saturated rings. The van der Waals surface area contributed by atoms with Gasteiger partial charge in [0.25, 0.3) is 0 Å². The van der Waals surface area contributed by atoms with Crippen molar-refractivity contribution >= 4 is 6.09 Å². The zero-order valence-corrected chi connectivity index (χ0v) is 15.2. The van der Waals surface area contributed by atoms with Crippen LogP contribution >= 0.6 is 0 Å². The third-order valence-electron chi connectivity index (χ3n) is 4.82. The van der Waals surface area contributed by atoms with E-state index in [1.807, 2.05) is 20.8 Å². The number of benzene rings is 1. The molecule has 24 heavy (non-hydrogen) atoms. The zero-order chi connectivity index (χ0) is 17.2. The normalized spacial score (nSPS) is 21.4. The number of hydrogen-bond acceptors (Lipinski definition) is 3. The van der Waals surface area contributed by atoms with E-state index in [1.165, 1.54) is 42.6 Å². The van der Waals surface area contributed by atoms with Gasteiger partial charge in [-0.1, -0.05) is 18.2 Å². The van der Waals surface area contributed by atoms with Crippen molar-refractivity contribution in [2.45, 2.75) is 71.1 Å². The van der Waals surface area contributed by atoms with Crippen molar-refractivity contribution in [2.75, 3.05) is 13.1 Å². The number of aryl methyl sites for hydroxylation is 1. The average molecular weight is 330 g/mol. The van der Waals surface area contributed by atoms with Gasteiger partial charge in [-0.05, 0) is 82.7 Å². The van der Waals surface area contributed by atoms with Crippen LogP contribution in [-0.2, 0) is 24.1 Å². The number of ether oxygens (including phenoxy) is 1. The molecule has 1 unspecified atom stereocenters. The summed E-state index contributed by atoms with van der Waals surface area (Å²) in [6.45, 7) is 9.23. The molecule has 1 atom stereocenters. The molecule has 132 valence electrons. The molecule has 2 aliphatic rings. The average Bonchev–Trinajstić information content (AvgIpc) is 2.98. The van der Waals surface area contributed by atoms with Gasteiger partial charge in [0.2, 0.25) is 0 Å². The van der Waals surface area contributed by atoms with Gasteiger partial charge in [0, 0.05) is 12.6 Å². The number of nitrogens with zero attached hydrogens (tertiary/aromatic N) is 1. The number of carbonyl (C=O) groups is 1. The van der Waals surface area contributed by atoms with Gasteiger partial charge < -0.3 is 10.1 Å². The van der Waals surface area contributed by atoms with Gasteiger partial charge in [0.1, 0.15) is 5.60 Å². The Labute approximate surface area is 145 Å². The summed E-state index contributed by atoms with van der Waals surface area (Å²) >= 11 is 0. The van der Waals surface area contributed by atoms with E-state index in [0.717, 1.165) is 25.8 Å². The van der Waals surface area contributed by atoms with E-state index in [9.17, 15) is 4.79 Å². The SMILES string of the molecule is CC(C)(C)OC(=O)NC1CCc2cc(CN3CCCC3)ccc2C1. The van der Waals surface area contributed by atoms with Crippen LogP contribution in [0.4, 0.5) is 4.79 Å². The Hall–Kier alpha value is -1.55. The van der Waals surface area contributed by atoms with Crippen LogP contribution < -0.4 is 5.32 Å². The molecule has 0 saturated carbocycles. The summed E-state index contributed by atoms with van der Waals surface area (Å²) in [5.41, 5.74) is 3.80. The van der Waals surface area contributed by atoms with Crippen molar-refractivity contribution in [1.29, 1.82) is 0 Å². The molecule has 0 radical (unpaired) electrons. The largest absolute Gasteiger partial charge is 0.444 e. The first kappa shape index (κ1) is 17.3. The Morgan fingerprint density at radius 3 is 2.71 bits per heavy atom. The second-order valence-corrected chi connectivity index (χ2v) is 8.17. The fraction of sp³-hybridized carbons (Fsp3) is 0.650. The minimum Gasteiger partial charge on any atom is -0.444 e. The lowest BCUT2D eigenvalue weighted by Gasteiger charge is -2.28. The van der Waals surface area contributed by atoms with Crippen LogP contribution in [-0.4, -0.2) is 35.7 Å². The summed E-state index contributed by atoms with van der Waals surface area (Å²) in [6.07, 6.45) is 5.29. The van der Waals surface area contributed by atoms with Crippen molar-refractivity contribution in [2.24, 2.45) is 0 Å². The minimum absolute atomic E-state index is 0.178. The molecule has 4 nitrogen and oxygen atoms in total. The van der Waals surface area contributed by atoms with Crippen LogP contribution in [0.5, 0.6) is 0 Å². The maximum Gasteiger partial charge on any atom is 0.407 e. The van der Waals surface area contributed by atoms with Gasteiger partial charge in [-0.2, -0.15) is 0 Å². The van der Waals surface area contributed by atoms with E-state index in [4.69, 9.17) is 4.74 Å². The molecule has 0 aromatic heterocycles. The Kier molecular flexibility index (Phi) is 5.14. The van der Waals surface area contributed by atoms with Gasteiger partial charge in [-0.25, -0.2) is 4.79 Å². The lowest BCUT2D eigenvalue weighted by molar-refractivity contribution is 0.0500. The quantitative estimate of drug-likeness (QED) is 0.919. The highest BCUT2D eigenvalue weighted by atomic mass is 16.6. The van der Waals surface area contributed by atoms with Crippen LogP contribution in [0, 0.1) is 0 Å². The Morgan fingerprint density at radius 1 is 1.25 bits per heavy atom. The van der Waals surface area contributed by atoms with Crippen molar-refractivity contribution in [3.63, 3.8) is 0 Å². The fourth-order valence-electron chi connectivity index (χ4n) is 3.70. The van der Waals surface area contributed by atoms with Crippen LogP contribution in [0.3, 0.4) is 0 Å². The Morgan fingerprint density at radius 2 is 2.00 bits per heavy atom. The molecule has 1 amide bonds. The number of amides is 1. The molecule has 1 heterocycles. The molecule has 0 bridgehead atoms. The maximum atomic E-state index is 11.9. The van der Waals surface area contributed by atoms with E-state index in [2.05, 4.69) is 28.4 Å². The summed E-state index contributed by atoms with van der Waals surface area (Å²) < 4.78 is 5.37. The van der Waals surface area contributed by atoms with Crippen LogP contribution in [0.1, 0.15) is 56.7 Å². The molecule has 3 rings (SSSR count). The van der Waals surface area contributed by atoms with E-state index >= 15 is 0 Å². The van der Waals surface area contributed by atoms with Gasteiger partial charge in [0.15, 0.2) is 0 Å². The first-order valence-corrected chi connectivity index (χ1v) is 9.21. The minimum atomic E-state index is -0.443. The number of alkyl carbamates (subject to hydrolysis) is 1. The number of rotatable bonds is 3. The van der Waals surface area contributed by atoms with Crippen molar-refractivity contribution in [3.8, 4) is 0 Å². The van der Waals surface area contributed by atoms with Crippen LogP contribution in [0.25, 0.3) is 0 Å². The van der Waals surface area contributed by atoms with Gasteiger partial charge >= 0.3 is 6.09 Å². The third-order valence-corrected chi connectivity index (χ3v) is 4.82. The Bertz CT molecular complexity index is 586. The van der Waals surface area contributed by atoms with E-state index in [1.54, 1.807) is 0 Å². The van der Waals surface area contributed by atoms with Crippen molar-refractivity contribution in [3.05, 3.63) is 34.9 Å². The fourth-order valence-corrected chi connectivity index (χ4v) is 3.70. The first-order valence-electron chi connectivity index (χ1n) is 9.21. The molecule has 1 saturated heterocycles. The molecule has 1 aromatic carbocycles. The molecular formula is C20H30N2O2. The maximum absolute atomic E-state index is 11.9. The smallest absolute Gasteiger partial charge is 0.407 e. The highest BCUT2D eigenvalue weighted by molar-refractivity contribution is 5.68. The number of nitrogens with one attached hydrogen (secondary N) is 1. The third kappa shape index (κ3) is 4.73. The Balaban J connectivity index is 1.57. The molecule has 1 N–H and O–H groups in total. The highest BCUT2D eigenvalue weighted by Crippen LogP contribution is 2.24. The zero-order valence-electron chi connectivity index (χ0n) is 15.2. The predicted molar refractivity (Wildman–Crippen MR) is 96.1 cm³/mol. The molecular weight excluding hydrogens is 300 g/mol. The van der Waals surface area contributed by atoms with E-state index in [-0.39, 0.29) is 12.1 Å². The lowest BCUT2D eigenvalue weighted by atomic mass is 9.87. The summed E-state index contributed by atoms with van der Waals surface area (Å²) in [5.74, 6) is 0. The molecule has 1 aliphatic heterocycles. The van der Waals surface area contributed by atoms with Crippen molar-refractivity contribution < 1.29 is 9.53 Å². The van der Waals surface area contributed by atoms with E-state index < -0.39 is 5.60 Å². The molecule has 1 aliphatic carbocycles. The van der Waals surface area contributed by atoms with Crippen LogP contribution in [0.15, 0.2) is 18.2 Å². The standard InChI is InChI=1S/C20H30N2O2/c1-20(2,3)24-19(23)21-18-9-8-16-12-15(6-7-17(16)13-18)14-22-10-4-5-11-22/h6-7,12,18H,4-5,8-11,13-14H2,1-3H3,(H,21,23). The highest BCUT2D eigenvalue weighted by Gasteiger charge is 2.23. The second-order valence-electron chi connectivity index (χ2n) is 8.17. The number of carbonyl (C=O) groups excluding carboxylic acids is 1. The topological polar surface area (TPSA) is 41.6 Å². The van der Waals surface area contributed by atoms with Gasteiger partial charge in [-0.15, -0.1) is 0 Å². The van der Waals surface area contributed by atoms with Gasteiger partial charge in [-0.3, -0.25) is 4.90 Å². The summed E-state index contributed by atoms with van der Waals surface area (Å²) in [7, 11) is 0. The molecule has 1 aromatic rings. The molecule has 0 spiro atoms. The monoisotopic (exact) mass is 330 g/mol. The molecule has 4 heteroatoms. The number of hydrogen-bond donors (Lipinski definition) is 1. The number of fused-ring (bicyclic) bond motifs is 1.